The van der Waals surface area contributed by atoms with E-state index in [2.05, 4.69) is 5.32 Å². The number of hydrogen-bond donors (Lipinski definition) is 1. The summed E-state index contributed by atoms with van der Waals surface area (Å²) >= 11 is 0. The minimum atomic E-state index is -3.74. The highest BCUT2D eigenvalue weighted by molar-refractivity contribution is 7.89. The first-order chi connectivity index (χ1) is 8.95. The maximum Gasteiger partial charge on any atom is 0.246 e. The number of nitrogens with one attached hydrogen (secondary N) is 1. The molecule has 0 spiro atoms. The average Bonchev–Trinajstić information content (AvgIpc) is 2.41. The second kappa shape index (κ2) is 5.56. The molecule has 2 rings (SSSR count). The molecule has 0 radical (unpaired) electrons. The molecule has 0 unspecified atom stereocenters. The smallest absolute Gasteiger partial charge is 0.246 e. The Morgan fingerprint density at radius 1 is 1.42 bits per heavy atom. The molecule has 1 aromatic carbocycles. The molecule has 1 heterocycles. The molecule has 1 fully saturated rings. The SMILES string of the molecule is CN[C@@H]1CCCN(S(=O)(=O)c2cc(C)ccc2F)C1. The summed E-state index contributed by atoms with van der Waals surface area (Å²) in [4.78, 5) is -0.218. The molecule has 1 aromatic rings. The van der Waals surface area contributed by atoms with Gasteiger partial charge in [0.2, 0.25) is 10.0 Å². The fourth-order valence-corrected chi connectivity index (χ4v) is 4.02. The lowest BCUT2D eigenvalue weighted by Gasteiger charge is -2.31. The Balaban J connectivity index is 2.34. The molecule has 4 nitrogen and oxygen atoms in total. The molecule has 1 saturated heterocycles. The van der Waals surface area contributed by atoms with E-state index >= 15 is 0 Å². The quantitative estimate of drug-likeness (QED) is 0.916. The third kappa shape index (κ3) is 2.96. The monoisotopic (exact) mass is 286 g/mol. The van der Waals surface area contributed by atoms with Crippen LogP contribution in [0.15, 0.2) is 23.1 Å². The van der Waals surface area contributed by atoms with Crippen molar-refractivity contribution in [2.24, 2.45) is 0 Å². The number of piperidine rings is 1. The zero-order valence-corrected chi connectivity index (χ0v) is 12.0. The molecule has 0 aliphatic carbocycles. The van der Waals surface area contributed by atoms with Crippen LogP contribution in [0.4, 0.5) is 4.39 Å². The van der Waals surface area contributed by atoms with Crippen molar-refractivity contribution < 1.29 is 12.8 Å². The minimum absolute atomic E-state index is 0.136. The largest absolute Gasteiger partial charge is 0.316 e. The van der Waals surface area contributed by atoms with Crippen LogP contribution < -0.4 is 5.32 Å². The molecular formula is C13H19FN2O2S. The lowest BCUT2D eigenvalue weighted by molar-refractivity contribution is 0.292. The van der Waals surface area contributed by atoms with E-state index in [-0.39, 0.29) is 10.9 Å². The van der Waals surface area contributed by atoms with Gasteiger partial charge in [0.25, 0.3) is 0 Å². The standard InChI is InChI=1S/C13H19FN2O2S/c1-10-5-6-12(14)13(8-10)19(17,18)16-7-3-4-11(9-16)15-2/h5-6,8,11,15H,3-4,7,9H2,1-2H3/t11-/m1/s1. The first-order valence-electron chi connectivity index (χ1n) is 6.38. The number of benzene rings is 1. The summed E-state index contributed by atoms with van der Waals surface area (Å²) in [5.41, 5.74) is 0.738. The van der Waals surface area contributed by atoms with E-state index in [0.717, 1.165) is 18.4 Å². The summed E-state index contributed by atoms with van der Waals surface area (Å²) in [6.45, 7) is 2.60. The number of halogens is 1. The van der Waals surface area contributed by atoms with Crippen molar-refractivity contribution >= 4 is 10.0 Å². The van der Waals surface area contributed by atoms with Gasteiger partial charge in [-0.25, -0.2) is 12.8 Å². The Labute approximate surface area is 113 Å². The summed E-state index contributed by atoms with van der Waals surface area (Å²) < 4.78 is 40.1. The van der Waals surface area contributed by atoms with Crippen molar-refractivity contribution in [1.82, 2.24) is 9.62 Å². The van der Waals surface area contributed by atoms with Gasteiger partial charge in [-0.1, -0.05) is 6.07 Å². The molecule has 0 bridgehead atoms. The number of hydrogen-bond acceptors (Lipinski definition) is 3. The second-order valence-corrected chi connectivity index (χ2v) is 6.83. The van der Waals surface area contributed by atoms with Crippen LogP contribution in [0.5, 0.6) is 0 Å². The fraction of sp³-hybridized carbons (Fsp3) is 0.538. The van der Waals surface area contributed by atoms with E-state index in [1.807, 2.05) is 7.05 Å². The Kier molecular flexibility index (Phi) is 4.23. The van der Waals surface area contributed by atoms with Gasteiger partial charge < -0.3 is 5.32 Å². The molecule has 1 aliphatic rings. The molecule has 0 saturated carbocycles. The number of rotatable bonds is 3. The highest BCUT2D eigenvalue weighted by Crippen LogP contribution is 2.23. The third-order valence-electron chi connectivity index (χ3n) is 3.50. The molecular weight excluding hydrogens is 267 g/mol. The van der Waals surface area contributed by atoms with Gasteiger partial charge in [0.05, 0.1) is 0 Å². The van der Waals surface area contributed by atoms with E-state index in [1.165, 1.54) is 16.4 Å². The molecule has 0 aromatic heterocycles. The number of aryl methyl sites for hydroxylation is 1. The van der Waals surface area contributed by atoms with Crippen molar-refractivity contribution in [3.8, 4) is 0 Å². The Bertz CT molecular complexity index is 560. The zero-order valence-electron chi connectivity index (χ0n) is 11.2. The van der Waals surface area contributed by atoms with Crippen LogP contribution in [-0.2, 0) is 10.0 Å². The fourth-order valence-electron chi connectivity index (χ4n) is 2.34. The van der Waals surface area contributed by atoms with Crippen LogP contribution in [0.2, 0.25) is 0 Å². The van der Waals surface area contributed by atoms with Crippen LogP contribution in [0, 0.1) is 12.7 Å². The van der Waals surface area contributed by atoms with Crippen molar-refractivity contribution in [2.75, 3.05) is 20.1 Å². The van der Waals surface area contributed by atoms with Gasteiger partial charge >= 0.3 is 0 Å². The van der Waals surface area contributed by atoms with Gasteiger partial charge in [-0.3, -0.25) is 0 Å². The van der Waals surface area contributed by atoms with Gasteiger partial charge in [-0.15, -0.1) is 0 Å². The van der Waals surface area contributed by atoms with Crippen molar-refractivity contribution in [3.63, 3.8) is 0 Å². The first-order valence-corrected chi connectivity index (χ1v) is 7.82. The molecule has 1 N–H and O–H groups in total. The summed E-state index contributed by atoms with van der Waals surface area (Å²) in [6.07, 6.45) is 1.73. The van der Waals surface area contributed by atoms with Crippen molar-refractivity contribution in [1.29, 1.82) is 0 Å². The highest BCUT2D eigenvalue weighted by Gasteiger charge is 2.31. The Morgan fingerprint density at radius 2 is 2.16 bits per heavy atom. The van der Waals surface area contributed by atoms with Gasteiger partial charge in [0.15, 0.2) is 0 Å². The molecule has 106 valence electrons. The lowest BCUT2D eigenvalue weighted by atomic mass is 10.1. The summed E-state index contributed by atoms with van der Waals surface area (Å²) in [6, 6.07) is 4.31. The van der Waals surface area contributed by atoms with E-state index in [1.54, 1.807) is 13.0 Å². The van der Waals surface area contributed by atoms with Gasteiger partial charge in [-0.05, 0) is 44.5 Å². The zero-order chi connectivity index (χ0) is 14.0. The highest BCUT2D eigenvalue weighted by atomic mass is 32.2. The molecule has 1 aliphatic heterocycles. The third-order valence-corrected chi connectivity index (χ3v) is 5.38. The number of likely N-dealkylation sites (N-methyl/N-ethyl adjacent to an activating group) is 1. The maximum absolute atomic E-state index is 13.8. The number of nitrogens with zero attached hydrogens (tertiary/aromatic N) is 1. The minimum Gasteiger partial charge on any atom is -0.316 e. The molecule has 19 heavy (non-hydrogen) atoms. The van der Waals surface area contributed by atoms with E-state index in [4.69, 9.17) is 0 Å². The molecule has 1 atom stereocenters. The van der Waals surface area contributed by atoms with Crippen LogP contribution in [0.3, 0.4) is 0 Å². The summed E-state index contributed by atoms with van der Waals surface area (Å²) in [7, 11) is -1.93. The van der Waals surface area contributed by atoms with E-state index < -0.39 is 15.8 Å². The molecule has 6 heteroatoms. The van der Waals surface area contributed by atoms with Gasteiger partial charge in [0, 0.05) is 19.1 Å². The van der Waals surface area contributed by atoms with Crippen LogP contribution in [0.25, 0.3) is 0 Å². The van der Waals surface area contributed by atoms with E-state index in [0.29, 0.717) is 13.1 Å². The Morgan fingerprint density at radius 3 is 2.84 bits per heavy atom. The first kappa shape index (κ1) is 14.4. The lowest BCUT2D eigenvalue weighted by Crippen LogP contribution is -2.47. The van der Waals surface area contributed by atoms with E-state index in [9.17, 15) is 12.8 Å². The van der Waals surface area contributed by atoms with Gasteiger partial charge in [0.1, 0.15) is 10.7 Å². The van der Waals surface area contributed by atoms with Gasteiger partial charge in [-0.2, -0.15) is 4.31 Å². The van der Waals surface area contributed by atoms with Crippen molar-refractivity contribution in [3.05, 3.63) is 29.6 Å². The number of sulfonamides is 1. The average molecular weight is 286 g/mol. The topological polar surface area (TPSA) is 49.4 Å². The Hall–Kier alpha value is -0.980. The van der Waals surface area contributed by atoms with Crippen LogP contribution in [-0.4, -0.2) is 38.9 Å². The predicted molar refractivity (Wildman–Crippen MR) is 72.0 cm³/mol. The summed E-state index contributed by atoms with van der Waals surface area (Å²) in [5, 5.41) is 3.08. The summed E-state index contributed by atoms with van der Waals surface area (Å²) in [5.74, 6) is -0.683. The maximum atomic E-state index is 13.8. The second-order valence-electron chi connectivity index (χ2n) is 4.92. The molecule has 0 amide bonds. The van der Waals surface area contributed by atoms with Crippen LogP contribution in [0.1, 0.15) is 18.4 Å². The predicted octanol–water partition coefficient (Wildman–Crippen LogP) is 1.51. The van der Waals surface area contributed by atoms with Crippen molar-refractivity contribution in [2.45, 2.75) is 30.7 Å². The normalized spacial score (nSPS) is 21.5. The van der Waals surface area contributed by atoms with Crippen LogP contribution >= 0.6 is 0 Å².